The zero-order valence-corrected chi connectivity index (χ0v) is 22.9. The van der Waals surface area contributed by atoms with Crippen molar-refractivity contribution >= 4 is 40.8 Å². The van der Waals surface area contributed by atoms with Crippen LogP contribution in [0.5, 0.6) is 5.75 Å². The van der Waals surface area contributed by atoms with Crippen LogP contribution in [0.25, 0.3) is 11.6 Å². The average molecular weight is 532 g/mol. The highest BCUT2D eigenvalue weighted by molar-refractivity contribution is 6.32. The lowest BCUT2D eigenvalue weighted by Crippen LogP contribution is -2.34. The average Bonchev–Trinajstić information content (AvgIpc) is 2.90. The topological polar surface area (TPSA) is 75.6 Å². The lowest BCUT2D eigenvalue weighted by Gasteiger charge is -2.20. The first kappa shape index (κ1) is 27.5. The maximum atomic E-state index is 13.5. The van der Waals surface area contributed by atoms with Gasteiger partial charge in [-0.3, -0.25) is 9.59 Å². The van der Waals surface area contributed by atoms with Crippen LogP contribution in [-0.2, 0) is 22.6 Å². The monoisotopic (exact) mass is 531 g/mol. The molecule has 1 aliphatic carbocycles. The summed E-state index contributed by atoms with van der Waals surface area (Å²) in [5, 5.41) is 15.1. The second-order valence-corrected chi connectivity index (χ2v) is 10.4. The summed E-state index contributed by atoms with van der Waals surface area (Å²) in [5.74, 6) is -0.593. The Labute approximate surface area is 228 Å². The van der Waals surface area contributed by atoms with E-state index < -0.39 is 5.97 Å². The molecule has 0 aliphatic heterocycles. The predicted octanol–water partition coefficient (Wildman–Crippen LogP) is 5.94. The van der Waals surface area contributed by atoms with Gasteiger partial charge in [0.25, 0.3) is 0 Å². The zero-order chi connectivity index (χ0) is 27.2. The van der Waals surface area contributed by atoms with Gasteiger partial charge >= 0.3 is 5.97 Å². The van der Waals surface area contributed by atoms with E-state index in [1.54, 1.807) is 0 Å². The second-order valence-electron chi connectivity index (χ2n) is 9.96. The molecule has 1 aliphatic rings. The molecule has 3 aromatic rings. The Morgan fingerprint density at radius 2 is 1.84 bits per heavy atom. The number of aryl methyl sites for hydroxylation is 3. The summed E-state index contributed by atoms with van der Waals surface area (Å²) in [6.07, 6.45) is 5.09. The van der Waals surface area contributed by atoms with Gasteiger partial charge in [0.1, 0.15) is 12.4 Å². The standard InChI is InChI=1S/C32H34ClNO4/c1-20-16-28(33)30(17-21(20)2)38-19-23-14-15-25(10-7-13-31(35)36)29(18-23)34-32(37)22(3)26-12-6-9-24-8-4-5-11-27(24)26/h4-5,8-9,11,14-18,22H,6-7,10,12-13,19H2,1-3H3,(H,34,37)(H,35,36). The van der Waals surface area contributed by atoms with Crippen LogP contribution in [0.1, 0.15) is 54.9 Å². The number of hydrogen-bond donors (Lipinski definition) is 2. The summed E-state index contributed by atoms with van der Waals surface area (Å²) in [6.45, 7) is 6.26. The molecule has 198 valence electrons. The molecule has 3 aromatic carbocycles. The lowest BCUT2D eigenvalue weighted by atomic mass is 9.89. The third-order valence-electron chi connectivity index (χ3n) is 7.21. The maximum Gasteiger partial charge on any atom is 0.303 e. The molecule has 4 rings (SSSR count). The highest BCUT2D eigenvalue weighted by Gasteiger charge is 2.21. The van der Waals surface area contributed by atoms with E-state index in [1.165, 1.54) is 5.22 Å². The highest BCUT2D eigenvalue weighted by atomic mass is 35.5. The summed E-state index contributed by atoms with van der Waals surface area (Å²) in [6, 6.07) is 17.8. The molecule has 2 N–H and O–H groups in total. The van der Waals surface area contributed by atoms with E-state index >= 15 is 0 Å². The van der Waals surface area contributed by atoms with E-state index in [2.05, 4.69) is 23.5 Å². The number of ether oxygens (including phenoxy) is 1. The minimum atomic E-state index is -0.830. The number of carboxylic acid groups (broad SMARTS) is 1. The number of benzene rings is 3. The molecule has 0 spiro atoms. The van der Waals surface area contributed by atoms with Crippen molar-refractivity contribution in [2.45, 2.75) is 59.5 Å². The number of carboxylic acids is 1. The maximum absolute atomic E-state index is 13.5. The van der Waals surface area contributed by atoms with E-state index in [0.29, 0.717) is 29.3 Å². The van der Waals surface area contributed by atoms with Crippen molar-refractivity contribution in [3.63, 3.8) is 0 Å². The normalized spacial score (nSPS) is 13.3. The number of carbonyl (C=O) groups excluding carboxylic acids is 1. The molecule has 0 radical (unpaired) electrons. The van der Waals surface area contributed by atoms with E-state index in [4.69, 9.17) is 21.4 Å². The molecule has 0 bridgehead atoms. The van der Waals surface area contributed by atoms with Gasteiger partial charge in [-0.15, -0.1) is 0 Å². The zero-order valence-electron chi connectivity index (χ0n) is 22.1. The van der Waals surface area contributed by atoms with E-state index in [9.17, 15) is 9.59 Å². The number of aliphatic carboxylic acids is 1. The molecular formula is C32H34ClNO4. The van der Waals surface area contributed by atoms with Crippen LogP contribution in [-0.4, -0.2) is 17.0 Å². The van der Waals surface area contributed by atoms with Crippen LogP contribution in [0.4, 0.5) is 5.69 Å². The number of halogens is 1. The van der Waals surface area contributed by atoms with Crippen LogP contribution in [0.15, 0.2) is 54.6 Å². The molecule has 0 aromatic heterocycles. The number of hydrogen-bond acceptors (Lipinski definition) is 3. The van der Waals surface area contributed by atoms with Crippen molar-refractivity contribution in [3.8, 4) is 5.75 Å². The minimum Gasteiger partial charge on any atom is -0.487 e. The Balaban J connectivity index is 1.57. The van der Waals surface area contributed by atoms with Crippen molar-refractivity contribution in [2.24, 2.45) is 5.92 Å². The van der Waals surface area contributed by atoms with Crippen molar-refractivity contribution in [1.29, 1.82) is 0 Å². The van der Waals surface area contributed by atoms with Crippen LogP contribution in [0.3, 0.4) is 0 Å². The molecule has 0 saturated carbocycles. The second kappa shape index (κ2) is 12.3. The largest absolute Gasteiger partial charge is 0.487 e. The molecule has 5 nitrogen and oxygen atoms in total. The quantitative estimate of drug-likeness (QED) is 0.339. The molecule has 6 heteroatoms. The van der Waals surface area contributed by atoms with Gasteiger partial charge in [0.05, 0.1) is 10.9 Å². The van der Waals surface area contributed by atoms with Gasteiger partial charge in [0, 0.05) is 12.1 Å². The van der Waals surface area contributed by atoms with Gasteiger partial charge in [-0.25, -0.2) is 0 Å². The Morgan fingerprint density at radius 3 is 2.63 bits per heavy atom. The smallest absolute Gasteiger partial charge is 0.303 e. The fourth-order valence-electron chi connectivity index (χ4n) is 4.84. The van der Waals surface area contributed by atoms with E-state index in [1.807, 2.05) is 63.2 Å². The Bertz CT molecular complexity index is 1480. The SMILES string of the molecule is Cc1cc(Cl)c(OCc2ccc(CCCC(=O)O)c(NC(=O)C(C)C3=c4ccccc4=CCC3)c2)cc1C. The lowest BCUT2D eigenvalue weighted by molar-refractivity contribution is -0.137. The number of rotatable bonds is 10. The Kier molecular flexibility index (Phi) is 8.90. The van der Waals surface area contributed by atoms with Crippen LogP contribution in [0, 0.1) is 19.8 Å². The summed E-state index contributed by atoms with van der Waals surface area (Å²) >= 11 is 6.39. The van der Waals surface area contributed by atoms with Crippen molar-refractivity contribution in [1.82, 2.24) is 0 Å². The first-order chi connectivity index (χ1) is 18.2. The van der Waals surface area contributed by atoms with Crippen LogP contribution >= 0.6 is 11.6 Å². The molecule has 0 saturated heterocycles. The fourth-order valence-corrected chi connectivity index (χ4v) is 5.11. The highest BCUT2D eigenvalue weighted by Crippen LogP contribution is 2.30. The van der Waals surface area contributed by atoms with Crippen molar-refractivity contribution in [3.05, 3.63) is 92.3 Å². The van der Waals surface area contributed by atoms with E-state index in [0.717, 1.165) is 45.9 Å². The van der Waals surface area contributed by atoms with Gasteiger partial charge in [-0.1, -0.05) is 54.1 Å². The summed E-state index contributed by atoms with van der Waals surface area (Å²) in [7, 11) is 0. The Hall–Kier alpha value is -3.57. The number of anilines is 1. The summed E-state index contributed by atoms with van der Waals surface area (Å²) in [5.41, 5.74) is 5.81. The first-order valence-corrected chi connectivity index (χ1v) is 13.4. The molecule has 1 amide bonds. The molecule has 0 fully saturated rings. The molecule has 1 unspecified atom stereocenters. The van der Waals surface area contributed by atoms with Gasteiger partial charge in [-0.05, 0) is 103 Å². The van der Waals surface area contributed by atoms with Gasteiger partial charge in [-0.2, -0.15) is 0 Å². The minimum absolute atomic E-state index is 0.0745. The molecule has 38 heavy (non-hydrogen) atoms. The summed E-state index contributed by atoms with van der Waals surface area (Å²) in [4.78, 5) is 24.5. The molecule has 0 heterocycles. The van der Waals surface area contributed by atoms with Crippen molar-refractivity contribution in [2.75, 3.05) is 5.32 Å². The first-order valence-electron chi connectivity index (χ1n) is 13.0. The van der Waals surface area contributed by atoms with E-state index in [-0.39, 0.29) is 24.9 Å². The number of amides is 1. The van der Waals surface area contributed by atoms with Crippen LogP contribution < -0.4 is 20.5 Å². The number of fused-ring (bicyclic) bond motifs is 1. The Morgan fingerprint density at radius 1 is 1.08 bits per heavy atom. The number of nitrogens with one attached hydrogen (secondary N) is 1. The molecule has 1 atom stereocenters. The van der Waals surface area contributed by atoms with Gasteiger partial charge in [0.2, 0.25) is 5.91 Å². The van der Waals surface area contributed by atoms with Crippen LogP contribution in [0.2, 0.25) is 5.02 Å². The third kappa shape index (κ3) is 6.65. The van der Waals surface area contributed by atoms with Gasteiger partial charge < -0.3 is 15.2 Å². The van der Waals surface area contributed by atoms with Crippen molar-refractivity contribution < 1.29 is 19.4 Å². The molecular weight excluding hydrogens is 498 g/mol. The fraction of sp³-hybridized carbons (Fsp3) is 0.312. The van der Waals surface area contributed by atoms with Gasteiger partial charge in [0.15, 0.2) is 0 Å². The predicted molar refractivity (Wildman–Crippen MR) is 153 cm³/mol. The third-order valence-corrected chi connectivity index (χ3v) is 7.51. The summed E-state index contributed by atoms with van der Waals surface area (Å²) < 4.78 is 6.02. The number of carbonyl (C=O) groups is 2.